The fourth-order valence-corrected chi connectivity index (χ4v) is 2.17. The summed E-state index contributed by atoms with van der Waals surface area (Å²) in [6, 6.07) is 0. The van der Waals surface area contributed by atoms with E-state index in [4.69, 9.17) is 5.73 Å². The third-order valence-corrected chi connectivity index (χ3v) is 3.07. The molecule has 1 aliphatic rings. The van der Waals surface area contributed by atoms with Gasteiger partial charge in [-0.1, -0.05) is 25.7 Å². The van der Waals surface area contributed by atoms with E-state index in [-0.39, 0.29) is 5.54 Å². The molecule has 1 fully saturated rings. The van der Waals surface area contributed by atoms with Gasteiger partial charge in [0.15, 0.2) is 0 Å². The molecule has 0 atom stereocenters. The minimum absolute atomic E-state index is 0.217. The number of nitrogens with zero attached hydrogens (tertiary/aromatic N) is 2. The van der Waals surface area contributed by atoms with Gasteiger partial charge in [0.2, 0.25) is 0 Å². The second kappa shape index (κ2) is 4.05. The lowest BCUT2D eigenvalue weighted by Crippen LogP contribution is -2.37. The van der Waals surface area contributed by atoms with Crippen LogP contribution in [0.15, 0.2) is 18.6 Å². The van der Waals surface area contributed by atoms with Gasteiger partial charge in [-0.2, -0.15) is 0 Å². The fourth-order valence-electron chi connectivity index (χ4n) is 2.17. The van der Waals surface area contributed by atoms with E-state index in [1.54, 1.807) is 12.4 Å². The average Bonchev–Trinajstić information content (AvgIpc) is 2.46. The van der Waals surface area contributed by atoms with Crippen molar-refractivity contribution in [2.75, 3.05) is 0 Å². The van der Waals surface area contributed by atoms with E-state index in [9.17, 15) is 0 Å². The molecule has 1 heterocycles. The SMILES string of the molecule is NC1(c2cnccn2)CCCCCC1. The second-order valence-electron chi connectivity index (χ2n) is 4.16. The normalized spacial score (nSPS) is 21.5. The first-order valence-electron chi connectivity index (χ1n) is 5.37. The van der Waals surface area contributed by atoms with Crippen LogP contribution in [0, 0.1) is 0 Å². The van der Waals surface area contributed by atoms with Crippen molar-refractivity contribution in [2.45, 2.75) is 44.1 Å². The van der Waals surface area contributed by atoms with Crippen molar-refractivity contribution in [3.05, 3.63) is 24.3 Å². The van der Waals surface area contributed by atoms with Crippen LogP contribution in [-0.2, 0) is 5.54 Å². The average molecular weight is 191 g/mol. The van der Waals surface area contributed by atoms with Crippen LogP contribution in [0.25, 0.3) is 0 Å². The Labute approximate surface area is 84.8 Å². The minimum atomic E-state index is -0.217. The van der Waals surface area contributed by atoms with E-state index >= 15 is 0 Å². The number of hydrogen-bond acceptors (Lipinski definition) is 3. The summed E-state index contributed by atoms with van der Waals surface area (Å²) in [5, 5.41) is 0. The maximum atomic E-state index is 6.38. The van der Waals surface area contributed by atoms with Gasteiger partial charge in [-0.05, 0) is 12.8 Å². The van der Waals surface area contributed by atoms with E-state index < -0.39 is 0 Å². The molecule has 14 heavy (non-hydrogen) atoms. The Morgan fingerprint density at radius 3 is 2.36 bits per heavy atom. The Bertz CT molecular complexity index is 276. The van der Waals surface area contributed by atoms with Crippen molar-refractivity contribution < 1.29 is 0 Å². The third-order valence-electron chi connectivity index (χ3n) is 3.07. The summed E-state index contributed by atoms with van der Waals surface area (Å²) in [5.41, 5.74) is 7.12. The lowest BCUT2D eigenvalue weighted by atomic mass is 9.88. The molecule has 0 spiro atoms. The highest BCUT2D eigenvalue weighted by Gasteiger charge is 2.29. The third kappa shape index (κ3) is 1.93. The van der Waals surface area contributed by atoms with Gasteiger partial charge in [-0.25, -0.2) is 0 Å². The quantitative estimate of drug-likeness (QED) is 0.690. The Morgan fingerprint density at radius 1 is 1.07 bits per heavy atom. The van der Waals surface area contributed by atoms with Crippen LogP contribution < -0.4 is 5.73 Å². The van der Waals surface area contributed by atoms with Gasteiger partial charge >= 0.3 is 0 Å². The largest absolute Gasteiger partial charge is 0.320 e. The summed E-state index contributed by atoms with van der Waals surface area (Å²) < 4.78 is 0. The van der Waals surface area contributed by atoms with Gasteiger partial charge in [0.05, 0.1) is 17.4 Å². The maximum Gasteiger partial charge on any atom is 0.0785 e. The number of rotatable bonds is 1. The molecule has 1 saturated carbocycles. The van der Waals surface area contributed by atoms with Gasteiger partial charge < -0.3 is 5.73 Å². The van der Waals surface area contributed by atoms with Gasteiger partial charge in [-0.3, -0.25) is 9.97 Å². The molecular formula is C11H17N3. The van der Waals surface area contributed by atoms with Crippen LogP contribution in [0.3, 0.4) is 0 Å². The van der Waals surface area contributed by atoms with E-state index in [2.05, 4.69) is 9.97 Å². The monoisotopic (exact) mass is 191 g/mol. The molecule has 3 nitrogen and oxygen atoms in total. The van der Waals surface area contributed by atoms with Crippen molar-refractivity contribution in [2.24, 2.45) is 5.73 Å². The highest BCUT2D eigenvalue weighted by Crippen LogP contribution is 2.31. The molecule has 1 aliphatic carbocycles. The van der Waals surface area contributed by atoms with E-state index in [0.717, 1.165) is 18.5 Å². The molecule has 0 bridgehead atoms. The standard InChI is InChI=1S/C11H17N3/c12-11(5-3-1-2-4-6-11)10-9-13-7-8-14-10/h7-9H,1-6,12H2. The minimum Gasteiger partial charge on any atom is -0.320 e. The second-order valence-corrected chi connectivity index (χ2v) is 4.16. The highest BCUT2D eigenvalue weighted by molar-refractivity contribution is 5.10. The lowest BCUT2D eigenvalue weighted by molar-refractivity contribution is 0.373. The van der Waals surface area contributed by atoms with E-state index in [1.165, 1.54) is 25.7 Å². The Kier molecular flexibility index (Phi) is 2.77. The fraction of sp³-hybridized carbons (Fsp3) is 0.636. The zero-order chi connectivity index (χ0) is 9.86. The summed E-state index contributed by atoms with van der Waals surface area (Å²) in [6.45, 7) is 0. The van der Waals surface area contributed by atoms with Gasteiger partial charge in [-0.15, -0.1) is 0 Å². The van der Waals surface area contributed by atoms with Crippen LogP contribution in [0.1, 0.15) is 44.2 Å². The molecule has 2 rings (SSSR count). The first-order valence-corrected chi connectivity index (χ1v) is 5.37. The zero-order valence-corrected chi connectivity index (χ0v) is 8.45. The molecule has 0 aliphatic heterocycles. The number of aromatic nitrogens is 2. The lowest BCUT2D eigenvalue weighted by Gasteiger charge is -2.26. The summed E-state index contributed by atoms with van der Waals surface area (Å²) in [6.07, 6.45) is 12.4. The van der Waals surface area contributed by atoms with E-state index in [0.29, 0.717) is 0 Å². The maximum absolute atomic E-state index is 6.38. The molecule has 1 aromatic heterocycles. The van der Waals surface area contributed by atoms with Crippen molar-refractivity contribution >= 4 is 0 Å². The molecule has 76 valence electrons. The molecule has 2 N–H and O–H groups in total. The van der Waals surface area contributed by atoms with Gasteiger partial charge in [0, 0.05) is 12.4 Å². The van der Waals surface area contributed by atoms with Crippen LogP contribution in [0.4, 0.5) is 0 Å². The number of nitrogens with two attached hydrogens (primary N) is 1. The topological polar surface area (TPSA) is 51.8 Å². The van der Waals surface area contributed by atoms with Gasteiger partial charge in [0.25, 0.3) is 0 Å². The summed E-state index contributed by atoms with van der Waals surface area (Å²) in [5.74, 6) is 0. The molecule has 1 aromatic rings. The first-order chi connectivity index (χ1) is 6.81. The zero-order valence-electron chi connectivity index (χ0n) is 8.45. The Hall–Kier alpha value is -0.960. The predicted octanol–water partition coefficient (Wildman–Crippen LogP) is 1.98. The molecule has 0 saturated heterocycles. The highest BCUT2D eigenvalue weighted by atomic mass is 14.9. The smallest absolute Gasteiger partial charge is 0.0785 e. The van der Waals surface area contributed by atoms with Crippen molar-refractivity contribution in [3.8, 4) is 0 Å². The molecule has 0 aromatic carbocycles. The molecule has 0 radical (unpaired) electrons. The van der Waals surface area contributed by atoms with Crippen LogP contribution in [0.5, 0.6) is 0 Å². The van der Waals surface area contributed by atoms with Gasteiger partial charge in [0.1, 0.15) is 0 Å². The molecule has 0 amide bonds. The van der Waals surface area contributed by atoms with Crippen LogP contribution >= 0.6 is 0 Å². The summed E-state index contributed by atoms with van der Waals surface area (Å²) >= 11 is 0. The summed E-state index contributed by atoms with van der Waals surface area (Å²) in [4.78, 5) is 8.42. The molecule has 3 heteroatoms. The summed E-state index contributed by atoms with van der Waals surface area (Å²) in [7, 11) is 0. The molecular weight excluding hydrogens is 174 g/mol. The van der Waals surface area contributed by atoms with Crippen molar-refractivity contribution in [1.82, 2.24) is 9.97 Å². The molecule has 0 unspecified atom stereocenters. The van der Waals surface area contributed by atoms with Crippen molar-refractivity contribution in [3.63, 3.8) is 0 Å². The number of hydrogen-bond donors (Lipinski definition) is 1. The van der Waals surface area contributed by atoms with Crippen LogP contribution in [-0.4, -0.2) is 9.97 Å². The van der Waals surface area contributed by atoms with Crippen LogP contribution in [0.2, 0.25) is 0 Å². The Morgan fingerprint density at radius 2 is 1.79 bits per heavy atom. The first kappa shape index (κ1) is 9.59. The Balaban J connectivity index is 2.21. The predicted molar refractivity (Wildman–Crippen MR) is 55.6 cm³/mol. The van der Waals surface area contributed by atoms with Crippen molar-refractivity contribution in [1.29, 1.82) is 0 Å². The van der Waals surface area contributed by atoms with E-state index in [1.807, 2.05) is 6.20 Å².